The Kier molecular flexibility index (Phi) is 5.04. The van der Waals surface area contributed by atoms with Gasteiger partial charge in [-0.25, -0.2) is 10.0 Å². The first-order valence-corrected chi connectivity index (χ1v) is 12.4. The van der Waals surface area contributed by atoms with Gasteiger partial charge in [0.25, 0.3) is 0 Å². The maximum absolute atomic E-state index is 5.49. The number of aliphatic imine (C=N–C) groups is 1. The zero-order valence-corrected chi connectivity index (χ0v) is 18.3. The van der Waals surface area contributed by atoms with E-state index in [0.29, 0.717) is 6.54 Å². The molecule has 0 aliphatic carbocycles. The van der Waals surface area contributed by atoms with E-state index in [0.717, 1.165) is 39.9 Å². The summed E-state index contributed by atoms with van der Waals surface area (Å²) < 4.78 is 7.56. The lowest BCUT2D eigenvalue weighted by molar-refractivity contribution is 0.414. The zero-order chi connectivity index (χ0) is 20.6. The number of hydrogen-bond donors (Lipinski definition) is 0. The fourth-order valence-electron chi connectivity index (χ4n) is 3.37. The second-order valence-corrected chi connectivity index (χ2v) is 12.0. The fraction of sp³-hybridized carbons (Fsp3) is 0.261. The van der Waals surface area contributed by atoms with E-state index in [4.69, 9.17) is 9.73 Å². The van der Waals surface area contributed by atoms with Crippen molar-refractivity contribution in [3.63, 3.8) is 0 Å². The van der Waals surface area contributed by atoms with Crippen LogP contribution in [-0.2, 0) is 6.54 Å². The van der Waals surface area contributed by atoms with Gasteiger partial charge in [0, 0.05) is 11.1 Å². The minimum atomic E-state index is -0.668. The molecule has 150 valence electrons. The van der Waals surface area contributed by atoms with Crippen LogP contribution in [0.4, 0.5) is 0 Å². The highest BCUT2D eigenvalue weighted by atomic mass is 32.3. The number of fused-ring (bicyclic) bond motifs is 3. The first-order valence-electron chi connectivity index (χ1n) is 9.47. The summed E-state index contributed by atoms with van der Waals surface area (Å²) in [6.45, 7) is 2.45. The standard InChI is InChI=1S/C23H26N4OS/c1-16-25-26-22-15-24-23(20-14-19(28-2)10-11-21(20)27(16)22)18-8-6-17(7-9-18)12-13-29(3,4)5/h6-14H,15H2,1-5H3/b13-12+. The Morgan fingerprint density at radius 2 is 1.79 bits per heavy atom. The van der Waals surface area contributed by atoms with Crippen molar-refractivity contribution in [3.05, 3.63) is 76.2 Å². The van der Waals surface area contributed by atoms with Gasteiger partial charge in [-0.15, -0.1) is 10.2 Å². The maximum atomic E-state index is 5.49. The van der Waals surface area contributed by atoms with E-state index in [9.17, 15) is 0 Å². The molecule has 0 saturated carbocycles. The molecule has 0 atom stereocenters. The van der Waals surface area contributed by atoms with Crippen LogP contribution >= 0.6 is 10.0 Å². The highest BCUT2D eigenvalue weighted by Gasteiger charge is 2.22. The molecule has 5 nitrogen and oxygen atoms in total. The number of aryl methyl sites for hydroxylation is 1. The molecule has 0 bridgehead atoms. The van der Waals surface area contributed by atoms with E-state index in [1.54, 1.807) is 7.11 Å². The summed E-state index contributed by atoms with van der Waals surface area (Å²) in [5, 5.41) is 10.9. The molecule has 1 aliphatic rings. The number of ether oxygens (including phenoxy) is 1. The summed E-state index contributed by atoms with van der Waals surface area (Å²) >= 11 is 0. The third-order valence-corrected chi connectivity index (χ3v) is 5.78. The molecule has 0 spiro atoms. The summed E-state index contributed by atoms with van der Waals surface area (Å²) in [6.07, 6.45) is 9.05. The van der Waals surface area contributed by atoms with Crippen LogP contribution in [0.3, 0.4) is 0 Å². The Balaban J connectivity index is 1.79. The summed E-state index contributed by atoms with van der Waals surface area (Å²) in [4.78, 5) is 4.90. The minimum Gasteiger partial charge on any atom is -0.497 e. The Labute approximate surface area is 173 Å². The summed E-state index contributed by atoms with van der Waals surface area (Å²) in [6, 6.07) is 14.6. The van der Waals surface area contributed by atoms with Crippen LogP contribution in [-0.4, -0.2) is 46.4 Å². The van der Waals surface area contributed by atoms with Crippen molar-refractivity contribution in [2.75, 3.05) is 25.9 Å². The molecule has 29 heavy (non-hydrogen) atoms. The van der Waals surface area contributed by atoms with Gasteiger partial charge in [-0.1, -0.05) is 30.3 Å². The quantitative estimate of drug-likeness (QED) is 0.636. The lowest BCUT2D eigenvalue weighted by atomic mass is 9.99. The van der Waals surface area contributed by atoms with E-state index in [1.807, 2.05) is 19.1 Å². The number of aromatic nitrogens is 3. The molecule has 0 fully saturated rings. The number of methoxy groups -OCH3 is 1. The highest BCUT2D eigenvalue weighted by molar-refractivity contribution is 8.34. The number of benzene rings is 2. The van der Waals surface area contributed by atoms with Gasteiger partial charge >= 0.3 is 0 Å². The number of rotatable bonds is 4. The van der Waals surface area contributed by atoms with Crippen molar-refractivity contribution >= 4 is 21.8 Å². The van der Waals surface area contributed by atoms with Gasteiger partial charge in [-0.05, 0) is 54.9 Å². The predicted octanol–water partition coefficient (Wildman–Crippen LogP) is 4.60. The topological polar surface area (TPSA) is 52.3 Å². The molecular formula is C23H26N4OS. The van der Waals surface area contributed by atoms with E-state index in [1.165, 1.54) is 5.56 Å². The average Bonchev–Trinajstić information content (AvgIpc) is 2.98. The van der Waals surface area contributed by atoms with Gasteiger partial charge in [0.2, 0.25) is 0 Å². The minimum absolute atomic E-state index is 0.488. The molecule has 6 heteroatoms. The molecule has 0 radical (unpaired) electrons. The van der Waals surface area contributed by atoms with Crippen LogP contribution in [0.25, 0.3) is 11.8 Å². The van der Waals surface area contributed by atoms with Crippen LogP contribution in [0.2, 0.25) is 0 Å². The Morgan fingerprint density at radius 3 is 2.48 bits per heavy atom. The van der Waals surface area contributed by atoms with Crippen molar-refractivity contribution in [2.45, 2.75) is 13.5 Å². The summed E-state index contributed by atoms with van der Waals surface area (Å²) in [7, 11) is 1.02. The van der Waals surface area contributed by atoms with E-state index < -0.39 is 10.0 Å². The molecule has 0 unspecified atom stereocenters. The van der Waals surface area contributed by atoms with Crippen molar-refractivity contribution in [1.29, 1.82) is 0 Å². The van der Waals surface area contributed by atoms with Crippen molar-refractivity contribution in [3.8, 4) is 11.4 Å². The maximum Gasteiger partial charge on any atom is 0.159 e. The molecule has 1 aromatic heterocycles. The van der Waals surface area contributed by atoms with Crippen molar-refractivity contribution in [1.82, 2.24) is 14.8 Å². The lowest BCUT2D eigenvalue weighted by Crippen LogP contribution is -2.08. The molecule has 3 aromatic rings. The third kappa shape index (κ3) is 3.98. The van der Waals surface area contributed by atoms with Gasteiger partial charge in [0.05, 0.1) is 18.5 Å². The smallest absolute Gasteiger partial charge is 0.159 e. The first-order chi connectivity index (χ1) is 13.9. The second-order valence-electron chi connectivity index (χ2n) is 7.90. The Hall–Kier alpha value is -2.86. The van der Waals surface area contributed by atoms with Crippen molar-refractivity contribution < 1.29 is 4.74 Å². The zero-order valence-electron chi connectivity index (χ0n) is 17.5. The Bertz CT molecular complexity index is 1100. The van der Waals surface area contributed by atoms with E-state index in [-0.39, 0.29) is 0 Å². The van der Waals surface area contributed by atoms with Crippen LogP contribution in [0.5, 0.6) is 5.75 Å². The first kappa shape index (κ1) is 19.5. The molecule has 2 aromatic carbocycles. The van der Waals surface area contributed by atoms with Gasteiger partial charge in [-0.3, -0.25) is 9.56 Å². The SMILES string of the molecule is COc1ccc2c(c1)C(c1ccc(/C=C/S(C)(C)C)cc1)=NCc1nnc(C)n1-2. The van der Waals surface area contributed by atoms with Gasteiger partial charge in [0.1, 0.15) is 18.1 Å². The van der Waals surface area contributed by atoms with Gasteiger partial charge in [-0.2, -0.15) is 0 Å². The molecule has 2 heterocycles. The average molecular weight is 407 g/mol. The lowest BCUT2D eigenvalue weighted by Gasteiger charge is -2.19. The van der Waals surface area contributed by atoms with Crippen LogP contribution in [0.1, 0.15) is 28.3 Å². The summed E-state index contributed by atoms with van der Waals surface area (Å²) in [5.41, 5.74) is 5.27. The van der Waals surface area contributed by atoms with Crippen LogP contribution in [0, 0.1) is 6.92 Å². The van der Waals surface area contributed by atoms with E-state index >= 15 is 0 Å². The normalized spacial score (nSPS) is 14.2. The van der Waals surface area contributed by atoms with Crippen molar-refractivity contribution in [2.24, 2.45) is 4.99 Å². The predicted molar refractivity (Wildman–Crippen MR) is 123 cm³/mol. The van der Waals surface area contributed by atoms with Gasteiger partial charge in [0.15, 0.2) is 5.82 Å². The monoisotopic (exact) mass is 406 g/mol. The molecule has 0 amide bonds. The summed E-state index contributed by atoms with van der Waals surface area (Å²) in [5.74, 6) is 2.50. The molecule has 0 saturated heterocycles. The number of nitrogens with zero attached hydrogens (tertiary/aromatic N) is 4. The molecule has 1 aliphatic heterocycles. The molecular weight excluding hydrogens is 380 g/mol. The largest absolute Gasteiger partial charge is 0.497 e. The second kappa shape index (κ2) is 7.52. The van der Waals surface area contributed by atoms with E-state index in [2.05, 4.69) is 75.3 Å². The number of hydrogen-bond acceptors (Lipinski definition) is 4. The molecule has 4 rings (SSSR count). The third-order valence-electron chi connectivity index (χ3n) is 4.82. The fourth-order valence-corrected chi connectivity index (χ4v) is 3.93. The Morgan fingerprint density at radius 1 is 1.03 bits per heavy atom. The molecule has 0 N–H and O–H groups in total. The van der Waals surface area contributed by atoms with Gasteiger partial charge < -0.3 is 4.74 Å². The highest BCUT2D eigenvalue weighted by Crippen LogP contribution is 2.37. The van der Waals surface area contributed by atoms with Crippen LogP contribution < -0.4 is 4.74 Å². The van der Waals surface area contributed by atoms with Crippen LogP contribution in [0.15, 0.2) is 52.9 Å².